The Bertz CT molecular complexity index is 685. The molecule has 0 aliphatic carbocycles. The van der Waals surface area contributed by atoms with Gasteiger partial charge in [-0.1, -0.05) is 30.7 Å². The highest BCUT2D eigenvalue weighted by Gasteiger charge is 2.17. The minimum atomic E-state index is 0. The fraction of sp³-hybridized carbons (Fsp3) is 0.476. The lowest BCUT2D eigenvalue weighted by Gasteiger charge is -2.33. The van der Waals surface area contributed by atoms with Crippen molar-refractivity contribution in [1.29, 1.82) is 0 Å². The summed E-state index contributed by atoms with van der Waals surface area (Å²) in [4.78, 5) is 6.90. The third-order valence-corrected chi connectivity index (χ3v) is 5.80. The Morgan fingerprint density at radius 2 is 1.78 bits per heavy atom. The summed E-state index contributed by atoms with van der Waals surface area (Å²) in [5.41, 5.74) is 3.97. The Morgan fingerprint density at radius 3 is 2.41 bits per heavy atom. The first-order valence-corrected chi connectivity index (χ1v) is 10.5. The number of rotatable bonds is 6. The lowest BCUT2D eigenvalue weighted by molar-refractivity contribution is 0.152. The number of thiophene rings is 1. The van der Waals surface area contributed by atoms with Crippen LogP contribution >= 0.6 is 35.3 Å². The van der Waals surface area contributed by atoms with Gasteiger partial charge in [-0.3, -0.25) is 9.89 Å². The maximum Gasteiger partial charge on any atom is 0.191 e. The van der Waals surface area contributed by atoms with Gasteiger partial charge in [0.1, 0.15) is 0 Å². The molecule has 148 valence electrons. The zero-order valence-corrected chi connectivity index (χ0v) is 19.4. The number of piperidine rings is 1. The quantitative estimate of drug-likeness (QED) is 0.347. The molecule has 27 heavy (non-hydrogen) atoms. The number of guanidine groups is 1. The predicted molar refractivity (Wildman–Crippen MR) is 127 cm³/mol. The Kier molecular flexibility index (Phi) is 9.58. The zero-order valence-electron chi connectivity index (χ0n) is 16.3. The highest BCUT2D eigenvalue weighted by atomic mass is 127. The SMILES string of the molecule is CN=C(NCc1ccc(CN2CCCCC2C)cc1)NCc1ccsc1.I. The Hall–Kier alpha value is -1.12. The van der Waals surface area contributed by atoms with Crippen LogP contribution in [0.4, 0.5) is 0 Å². The fourth-order valence-corrected chi connectivity index (χ4v) is 4.04. The molecule has 2 N–H and O–H groups in total. The van der Waals surface area contributed by atoms with Gasteiger partial charge < -0.3 is 10.6 Å². The molecule has 1 fully saturated rings. The van der Waals surface area contributed by atoms with Crippen LogP contribution in [-0.2, 0) is 19.6 Å². The van der Waals surface area contributed by atoms with Crippen LogP contribution in [0.3, 0.4) is 0 Å². The van der Waals surface area contributed by atoms with E-state index in [0.29, 0.717) is 6.04 Å². The van der Waals surface area contributed by atoms with E-state index < -0.39 is 0 Å². The number of likely N-dealkylation sites (tertiary alicyclic amines) is 1. The number of nitrogens with one attached hydrogen (secondary N) is 2. The molecular formula is C21H31IN4S. The van der Waals surface area contributed by atoms with Crippen molar-refractivity contribution in [1.82, 2.24) is 15.5 Å². The second-order valence-corrected chi connectivity index (χ2v) is 7.82. The number of hydrogen-bond donors (Lipinski definition) is 2. The molecule has 2 aromatic rings. The Labute approximate surface area is 184 Å². The van der Waals surface area contributed by atoms with Crippen molar-refractivity contribution < 1.29 is 0 Å². The second kappa shape index (κ2) is 11.7. The lowest BCUT2D eigenvalue weighted by atomic mass is 10.0. The highest BCUT2D eigenvalue weighted by Crippen LogP contribution is 2.19. The summed E-state index contributed by atoms with van der Waals surface area (Å²) in [5, 5.41) is 11.0. The average molecular weight is 498 g/mol. The van der Waals surface area contributed by atoms with Crippen LogP contribution in [0.1, 0.15) is 42.9 Å². The first kappa shape index (κ1) is 22.2. The first-order chi connectivity index (χ1) is 12.7. The number of hydrogen-bond acceptors (Lipinski definition) is 3. The van der Waals surface area contributed by atoms with Crippen molar-refractivity contribution in [2.75, 3.05) is 13.6 Å². The van der Waals surface area contributed by atoms with E-state index in [9.17, 15) is 0 Å². The highest BCUT2D eigenvalue weighted by molar-refractivity contribution is 14.0. The molecule has 1 unspecified atom stereocenters. The molecule has 2 heterocycles. The van der Waals surface area contributed by atoms with Gasteiger partial charge >= 0.3 is 0 Å². The van der Waals surface area contributed by atoms with Crippen molar-refractivity contribution in [3.8, 4) is 0 Å². The molecule has 6 heteroatoms. The van der Waals surface area contributed by atoms with E-state index in [4.69, 9.17) is 0 Å². The van der Waals surface area contributed by atoms with E-state index >= 15 is 0 Å². The van der Waals surface area contributed by atoms with E-state index in [1.165, 1.54) is 42.5 Å². The minimum absolute atomic E-state index is 0. The molecule has 0 radical (unpaired) electrons. The molecule has 0 bridgehead atoms. The van der Waals surface area contributed by atoms with Gasteiger partial charge in [0, 0.05) is 32.7 Å². The summed E-state index contributed by atoms with van der Waals surface area (Å²) in [5.74, 6) is 0.836. The smallest absolute Gasteiger partial charge is 0.191 e. The molecular weight excluding hydrogens is 467 g/mol. The van der Waals surface area contributed by atoms with E-state index in [0.717, 1.165) is 25.6 Å². The summed E-state index contributed by atoms with van der Waals surface area (Å²) in [6.07, 6.45) is 4.05. The maximum atomic E-state index is 4.30. The number of halogens is 1. The number of aliphatic imine (C=N–C) groups is 1. The monoisotopic (exact) mass is 498 g/mol. The second-order valence-electron chi connectivity index (χ2n) is 7.04. The summed E-state index contributed by atoms with van der Waals surface area (Å²) < 4.78 is 0. The van der Waals surface area contributed by atoms with Crippen molar-refractivity contribution in [3.05, 3.63) is 57.8 Å². The zero-order chi connectivity index (χ0) is 18.2. The van der Waals surface area contributed by atoms with Crippen molar-refractivity contribution >= 4 is 41.3 Å². The molecule has 4 nitrogen and oxygen atoms in total. The van der Waals surface area contributed by atoms with Crippen molar-refractivity contribution in [2.24, 2.45) is 4.99 Å². The summed E-state index contributed by atoms with van der Waals surface area (Å²) in [6.45, 7) is 6.24. The van der Waals surface area contributed by atoms with Gasteiger partial charge in [-0.25, -0.2) is 0 Å². The van der Waals surface area contributed by atoms with Gasteiger partial charge in [-0.15, -0.1) is 24.0 Å². The molecule has 0 amide bonds. The lowest BCUT2D eigenvalue weighted by Crippen LogP contribution is -2.36. The van der Waals surface area contributed by atoms with E-state index in [-0.39, 0.29) is 24.0 Å². The predicted octanol–water partition coefficient (Wildman–Crippen LogP) is 4.61. The topological polar surface area (TPSA) is 39.7 Å². The van der Waals surface area contributed by atoms with Gasteiger partial charge in [0.15, 0.2) is 5.96 Å². The largest absolute Gasteiger partial charge is 0.352 e. The van der Waals surface area contributed by atoms with Crippen LogP contribution in [0.25, 0.3) is 0 Å². The standard InChI is InChI=1S/C21H30N4S.HI/c1-17-5-3-4-11-25(17)15-19-8-6-18(7-9-19)13-23-21(22-2)24-14-20-10-12-26-16-20;/h6-10,12,16-17H,3-5,11,13-15H2,1-2H3,(H2,22,23,24);1H. The minimum Gasteiger partial charge on any atom is -0.352 e. The van der Waals surface area contributed by atoms with Crippen LogP contribution < -0.4 is 10.6 Å². The molecule has 1 saturated heterocycles. The van der Waals surface area contributed by atoms with Gasteiger partial charge in [0.05, 0.1) is 0 Å². The van der Waals surface area contributed by atoms with Gasteiger partial charge in [-0.2, -0.15) is 11.3 Å². The molecule has 1 aliphatic heterocycles. The van der Waals surface area contributed by atoms with Gasteiger partial charge in [0.2, 0.25) is 0 Å². The van der Waals surface area contributed by atoms with Crippen LogP contribution in [0.5, 0.6) is 0 Å². The van der Waals surface area contributed by atoms with Crippen molar-refractivity contribution in [2.45, 2.75) is 51.9 Å². The summed E-state index contributed by atoms with van der Waals surface area (Å²) in [6, 6.07) is 11.8. The average Bonchev–Trinajstić information content (AvgIpc) is 3.18. The third kappa shape index (κ3) is 7.08. The molecule has 0 saturated carbocycles. The summed E-state index contributed by atoms with van der Waals surface area (Å²) >= 11 is 1.72. The van der Waals surface area contributed by atoms with Crippen LogP contribution in [0.2, 0.25) is 0 Å². The molecule has 1 aromatic heterocycles. The number of nitrogens with zero attached hydrogens (tertiary/aromatic N) is 2. The molecule has 0 spiro atoms. The van der Waals surface area contributed by atoms with Crippen LogP contribution in [-0.4, -0.2) is 30.5 Å². The van der Waals surface area contributed by atoms with Crippen molar-refractivity contribution in [3.63, 3.8) is 0 Å². The Morgan fingerprint density at radius 1 is 1.07 bits per heavy atom. The first-order valence-electron chi connectivity index (χ1n) is 9.52. The fourth-order valence-electron chi connectivity index (χ4n) is 3.37. The third-order valence-electron chi connectivity index (χ3n) is 5.07. The van der Waals surface area contributed by atoms with E-state index in [1.807, 2.05) is 7.05 Å². The number of benzene rings is 1. The normalized spacial score (nSPS) is 18.0. The van der Waals surface area contributed by atoms with Crippen LogP contribution in [0, 0.1) is 0 Å². The van der Waals surface area contributed by atoms with Gasteiger partial charge in [-0.05, 0) is 59.8 Å². The molecule has 1 atom stereocenters. The van der Waals surface area contributed by atoms with E-state index in [2.05, 4.69) is 68.5 Å². The van der Waals surface area contributed by atoms with Crippen LogP contribution in [0.15, 0.2) is 46.1 Å². The molecule has 3 rings (SSSR count). The Balaban J connectivity index is 0.00000261. The molecule has 1 aromatic carbocycles. The van der Waals surface area contributed by atoms with E-state index in [1.54, 1.807) is 11.3 Å². The summed E-state index contributed by atoms with van der Waals surface area (Å²) in [7, 11) is 1.81. The molecule has 1 aliphatic rings. The maximum absolute atomic E-state index is 4.30. The van der Waals surface area contributed by atoms with Gasteiger partial charge in [0.25, 0.3) is 0 Å².